The molecule has 0 radical (unpaired) electrons. The van der Waals surface area contributed by atoms with Crippen LogP contribution in [0.2, 0.25) is 10.0 Å². The van der Waals surface area contributed by atoms with Crippen molar-refractivity contribution in [2.75, 3.05) is 6.54 Å². The molecule has 9 nitrogen and oxygen atoms in total. The summed E-state index contributed by atoms with van der Waals surface area (Å²) in [5.41, 5.74) is 3.37. The van der Waals surface area contributed by atoms with Crippen LogP contribution >= 0.6 is 23.2 Å². The second-order valence-corrected chi connectivity index (χ2v) is 10.5. The van der Waals surface area contributed by atoms with Crippen molar-refractivity contribution in [3.05, 3.63) is 90.2 Å². The first-order valence-corrected chi connectivity index (χ1v) is 13.3. The number of nitro groups is 1. The van der Waals surface area contributed by atoms with Crippen LogP contribution in [-0.2, 0) is 21.0 Å². The number of rotatable bonds is 7. The Kier molecular flexibility index (Phi) is 7.46. The smallest absolute Gasteiger partial charge is 0.323 e. The number of carboxylic acid groups (broad SMARTS) is 1. The second kappa shape index (κ2) is 10.8. The molecule has 39 heavy (non-hydrogen) atoms. The average molecular weight is 571 g/mol. The number of nitro benzene ring substituents is 1. The van der Waals surface area contributed by atoms with E-state index < -0.39 is 16.8 Å². The summed E-state index contributed by atoms with van der Waals surface area (Å²) in [4.78, 5) is 50.4. The van der Waals surface area contributed by atoms with Crippen LogP contribution in [0, 0.1) is 10.1 Å². The standard InChI is InChI=1S/C28H24Cl2N2O7/c29-18-11-16(12-19(30)28(18)39-14-15-7-9-17(10-8-15)32(37)38)25-26-20(3-1-5-22(26)33)31(13-24(35)36)21-4-2-6-23(34)27(21)25/h7-12,25H,1-6,13-14H2,(H,35,36). The van der Waals surface area contributed by atoms with Gasteiger partial charge in [0.15, 0.2) is 17.3 Å². The zero-order valence-corrected chi connectivity index (χ0v) is 22.3. The summed E-state index contributed by atoms with van der Waals surface area (Å²) in [6, 6.07) is 9.17. The first-order chi connectivity index (χ1) is 18.7. The third-order valence-corrected chi connectivity index (χ3v) is 7.83. The summed E-state index contributed by atoms with van der Waals surface area (Å²) < 4.78 is 5.85. The molecule has 0 aromatic heterocycles. The van der Waals surface area contributed by atoms with Crippen LogP contribution < -0.4 is 4.74 Å². The molecule has 2 aliphatic carbocycles. The van der Waals surface area contributed by atoms with Gasteiger partial charge in [-0.25, -0.2) is 0 Å². The van der Waals surface area contributed by atoms with Crippen LogP contribution in [0.4, 0.5) is 5.69 Å². The van der Waals surface area contributed by atoms with Gasteiger partial charge in [0, 0.05) is 53.4 Å². The van der Waals surface area contributed by atoms with Gasteiger partial charge in [0.1, 0.15) is 13.2 Å². The van der Waals surface area contributed by atoms with Crippen LogP contribution in [0.25, 0.3) is 0 Å². The molecule has 5 rings (SSSR count). The van der Waals surface area contributed by atoms with Crippen molar-refractivity contribution in [1.82, 2.24) is 4.90 Å². The Bertz CT molecular complexity index is 1400. The number of halogens is 2. The fourth-order valence-corrected chi connectivity index (χ4v) is 6.24. The maximum atomic E-state index is 13.3. The maximum absolute atomic E-state index is 13.3. The minimum Gasteiger partial charge on any atom is -0.486 e. The topological polar surface area (TPSA) is 127 Å². The van der Waals surface area contributed by atoms with Crippen molar-refractivity contribution in [3.63, 3.8) is 0 Å². The van der Waals surface area contributed by atoms with E-state index in [4.69, 9.17) is 27.9 Å². The van der Waals surface area contributed by atoms with E-state index >= 15 is 0 Å². The zero-order valence-electron chi connectivity index (χ0n) is 20.7. The minimum absolute atomic E-state index is 0.0366. The van der Waals surface area contributed by atoms with Crippen molar-refractivity contribution in [2.45, 2.75) is 51.0 Å². The van der Waals surface area contributed by atoms with Crippen LogP contribution in [0.3, 0.4) is 0 Å². The highest BCUT2D eigenvalue weighted by Crippen LogP contribution is 2.50. The number of carboxylic acids is 1. The number of nitrogens with zero attached hydrogens (tertiary/aromatic N) is 2. The lowest BCUT2D eigenvalue weighted by atomic mass is 9.71. The number of Topliss-reactive ketones (excluding diaryl/α,β-unsaturated/α-hetero) is 2. The summed E-state index contributed by atoms with van der Waals surface area (Å²) in [6.07, 6.45) is 2.90. The Morgan fingerprint density at radius 1 is 0.974 bits per heavy atom. The molecular formula is C28H24Cl2N2O7. The van der Waals surface area contributed by atoms with Crippen molar-refractivity contribution < 1.29 is 29.2 Å². The van der Waals surface area contributed by atoms with Gasteiger partial charge >= 0.3 is 5.97 Å². The lowest BCUT2D eigenvalue weighted by molar-refractivity contribution is -0.384. The van der Waals surface area contributed by atoms with Gasteiger partial charge < -0.3 is 14.7 Å². The number of allylic oxidation sites excluding steroid dienone is 4. The van der Waals surface area contributed by atoms with E-state index in [0.717, 1.165) is 0 Å². The molecule has 0 unspecified atom stereocenters. The summed E-state index contributed by atoms with van der Waals surface area (Å²) >= 11 is 13.2. The number of benzene rings is 2. The zero-order chi connectivity index (χ0) is 27.8. The highest BCUT2D eigenvalue weighted by molar-refractivity contribution is 6.37. The highest BCUT2D eigenvalue weighted by atomic mass is 35.5. The Morgan fingerprint density at radius 3 is 2.00 bits per heavy atom. The van der Waals surface area contributed by atoms with E-state index in [1.54, 1.807) is 29.2 Å². The Morgan fingerprint density at radius 2 is 1.51 bits per heavy atom. The van der Waals surface area contributed by atoms with E-state index in [2.05, 4.69) is 0 Å². The lowest BCUT2D eigenvalue weighted by Crippen LogP contribution is -2.41. The van der Waals surface area contributed by atoms with Crippen molar-refractivity contribution in [2.24, 2.45) is 0 Å². The van der Waals surface area contributed by atoms with E-state index in [1.807, 2.05) is 0 Å². The molecule has 0 spiro atoms. The molecule has 0 saturated heterocycles. The van der Waals surface area contributed by atoms with Gasteiger partial charge in [-0.1, -0.05) is 23.2 Å². The van der Waals surface area contributed by atoms with Crippen LogP contribution in [-0.4, -0.2) is 39.0 Å². The van der Waals surface area contributed by atoms with E-state index in [-0.39, 0.29) is 46.2 Å². The van der Waals surface area contributed by atoms with Gasteiger partial charge in [-0.3, -0.25) is 24.5 Å². The van der Waals surface area contributed by atoms with Gasteiger partial charge in [-0.05, 0) is 61.1 Å². The van der Waals surface area contributed by atoms with Gasteiger partial charge in [0.05, 0.1) is 15.0 Å². The normalized spacial score (nSPS) is 17.7. The molecule has 1 aliphatic heterocycles. The molecule has 202 valence electrons. The van der Waals surface area contributed by atoms with Crippen LogP contribution in [0.1, 0.15) is 55.6 Å². The third kappa shape index (κ3) is 5.16. The molecule has 0 amide bonds. The monoisotopic (exact) mass is 570 g/mol. The van der Waals surface area contributed by atoms with Crippen LogP contribution in [0.5, 0.6) is 5.75 Å². The number of carbonyl (C=O) groups is 3. The number of non-ortho nitro benzene ring substituents is 1. The molecular weight excluding hydrogens is 547 g/mol. The Hall–Kier alpha value is -3.69. The lowest BCUT2D eigenvalue weighted by Gasteiger charge is -2.43. The minimum atomic E-state index is -1.04. The summed E-state index contributed by atoms with van der Waals surface area (Å²) in [5, 5.41) is 20.9. The summed E-state index contributed by atoms with van der Waals surface area (Å²) in [5.74, 6) is -1.76. The van der Waals surface area contributed by atoms with E-state index in [9.17, 15) is 29.6 Å². The highest BCUT2D eigenvalue weighted by Gasteiger charge is 2.44. The fourth-order valence-electron chi connectivity index (χ4n) is 5.63. The number of aliphatic carboxylic acids is 1. The predicted octanol–water partition coefficient (Wildman–Crippen LogP) is 5.98. The molecule has 11 heteroatoms. The van der Waals surface area contributed by atoms with Crippen molar-refractivity contribution in [3.8, 4) is 5.75 Å². The molecule has 3 aliphatic rings. The number of hydrogen-bond donors (Lipinski definition) is 1. The number of hydrogen-bond acceptors (Lipinski definition) is 7. The predicted molar refractivity (Wildman–Crippen MR) is 143 cm³/mol. The van der Waals surface area contributed by atoms with Crippen molar-refractivity contribution >= 4 is 46.4 Å². The summed E-state index contributed by atoms with van der Waals surface area (Å²) in [7, 11) is 0. The first-order valence-electron chi connectivity index (χ1n) is 12.5. The fraction of sp³-hybridized carbons (Fsp3) is 0.321. The van der Waals surface area contributed by atoms with Gasteiger partial charge in [-0.15, -0.1) is 0 Å². The van der Waals surface area contributed by atoms with Gasteiger partial charge in [-0.2, -0.15) is 0 Å². The Balaban J connectivity index is 1.53. The van der Waals surface area contributed by atoms with Crippen LogP contribution in [0.15, 0.2) is 58.9 Å². The second-order valence-electron chi connectivity index (χ2n) is 9.71. The molecule has 0 saturated carbocycles. The average Bonchev–Trinajstić information content (AvgIpc) is 2.89. The number of ketones is 2. The van der Waals surface area contributed by atoms with E-state index in [1.165, 1.54) is 12.1 Å². The summed E-state index contributed by atoms with van der Waals surface area (Å²) in [6.45, 7) is -0.256. The largest absolute Gasteiger partial charge is 0.486 e. The van der Waals surface area contributed by atoms with Gasteiger partial charge in [0.25, 0.3) is 5.69 Å². The Labute approximate surface area is 233 Å². The number of carbonyl (C=O) groups excluding carboxylic acids is 2. The molecule has 1 N–H and O–H groups in total. The first kappa shape index (κ1) is 26.9. The molecule has 0 fully saturated rings. The van der Waals surface area contributed by atoms with Gasteiger partial charge in [0.2, 0.25) is 0 Å². The molecule has 2 aromatic carbocycles. The van der Waals surface area contributed by atoms with Crippen molar-refractivity contribution in [1.29, 1.82) is 0 Å². The molecule has 0 bridgehead atoms. The quantitative estimate of drug-likeness (QED) is 0.318. The van der Waals surface area contributed by atoms with E-state index in [0.29, 0.717) is 72.2 Å². The molecule has 2 aromatic rings. The molecule has 1 heterocycles. The SMILES string of the molecule is O=C(O)CN1C2=C(C(=O)CCC2)C(c2cc(Cl)c(OCc3ccc([N+](=O)[O-])cc3)c(Cl)c2)C2=C1CCCC2=O. The maximum Gasteiger partial charge on any atom is 0.323 e. The number of ether oxygens (including phenoxy) is 1. The third-order valence-electron chi connectivity index (χ3n) is 7.26. The molecule has 0 atom stereocenters.